The third kappa shape index (κ3) is 7.40. The average molecular weight is 562 g/mol. The lowest BCUT2D eigenvalue weighted by molar-refractivity contribution is 0.255. The van der Waals surface area contributed by atoms with Gasteiger partial charge in [-0.05, 0) is 37.0 Å². The van der Waals surface area contributed by atoms with Gasteiger partial charge in [0.05, 0.1) is 0 Å². The van der Waals surface area contributed by atoms with Gasteiger partial charge in [-0.1, -0.05) is 36.4 Å². The van der Waals surface area contributed by atoms with Crippen LogP contribution in [0, 0.1) is 0 Å². The monoisotopic (exact) mass is 561 g/mol. The molecule has 1 aromatic heterocycles. The number of guanidine groups is 1. The van der Waals surface area contributed by atoms with E-state index < -0.39 is 0 Å². The molecule has 178 valence electrons. The fourth-order valence-corrected chi connectivity index (χ4v) is 4.31. The van der Waals surface area contributed by atoms with Crippen molar-refractivity contribution in [3.8, 4) is 0 Å². The Labute approximate surface area is 215 Å². The molecule has 0 bridgehead atoms. The number of hydrogen-bond donors (Lipinski definition) is 1. The lowest BCUT2D eigenvalue weighted by Crippen LogP contribution is -2.47. The Morgan fingerprint density at radius 2 is 1.76 bits per heavy atom. The van der Waals surface area contributed by atoms with E-state index in [0.29, 0.717) is 0 Å². The summed E-state index contributed by atoms with van der Waals surface area (Å²) < 4.78 is 0. The fraction of sp³-hybridized carbons (Fsp3) is 0.480. The highest BCUT2D eigenvalue weighted by Crippen LogP contribution is 2.22. The third-order valence-corrected chi connectivity index (χ3v) is 6.09. The van der Waals surface area contributed by atoms with Gasteiger partial charge < -0.3 is 15.1 Å². The zero-order valence-corrected chi connectivity index (χ0v) is 21.9. The number of piperazine rings is 1. The highest BCUT2D eigenvalue weighted by atomic mass is 127. The lowest BCUT2D eigenvalue weighted by Gasteiger charge is -2.34. The quantitative estimate of drug-likeness (QED) is 0.242. The molecule has 1 N–H and O–H groups in total. The molecule has 0 unspecified atom stereocenters. The van der Waals surface area contributed by atoms with Gasteiger partial charge in [0.2, 0.25) is 5.95 Å². The first-order valence-corrected chi connectivity index (χ1v) is 11.9. The number of halogens is 1. The van der Waals surface area contributed by atoms with Crippen LogP contribution in [0.4, 0.5) is 5.95 Å². The predicted molar refractivity (Wildman–Crippen MR) is 147 cm³/mol. The van der Waals surface area contributed by atoms with E-state index in [0.717, 1.165) is 83.7 Å². The SMILES string of the molecule is CCNC(=NCCCN1CCN(c2ncccn2)CC1)N1CC=C(c2ccccc2)CC1.I. The van der Waals surface area contributed by atoms with E-state index >= 15 is 0 Å². The van der Waals surface area contributed by atoms with Crippen LogP contribution in [0.25, 0.3) is 5.57 Å². The van der Waals surface area contributed by atoms with Crippen LogP contribution in [0.15, 0.2) is 59.9 Å². The highest BCUT2D eigenvalue weighted by Gasteiger charge is 2.19. The zero-order valence-electron chi connectivity index (χ0n) is 19.6. The van der Waals surface area contributed by atoms with Crippen LogP contribution in [-0.2, 0) is 0 Å². The molecule has 3 heterocycles. The Morgan fingerprint density at radius 3 is 2.42 bits per heavy atom. The van der Waals surface area contributed by atoms with Crippen LogP contribution >= 0.6 is 24.0 Å². The van der Waals surface area contributed by atoms with Crippen molar-refractivity contribution in [1.29, 1.82) is 0 Å². The summed E-state index contributed by atoms with van der Waals surface area (Å²) in [4.78, 5) is 20.8. The number of rotatable bonds is 7. The van der Waals surface area contributed by atoms with Crippen molar-refractivity contribution >= 4 is 41.5 Å². The number of benzene rings is 1. The van der Waals surface area contributed by atoms with Crippen LogP contribution in [0.3, 0.4) is 0 Å². The maximum atomic E-state index is 4.93. The van der Waals surface area contributed by atoms with E-state index in [9.17, 15) is 0 Å². The minimum atomic E-state index is 0. The molecule has 4 rings (SSSR count). The Kier molecular flexibility index (Phi) is 10.4. The molecule has 0 spiro atoms. The maximum Gasteiger partial charge on any atom is 0.225 e. The van der Waals surface area contributed by atoms with Gasteiger partial charge in [0.15, 0.2) is 5.96 Å². The van der Waals surface area contributed by atoms with E-state index in [2.05, 4.69) is 73.3 Å². The molecule has 8 heteroatoms. The van der Waals surface area contributed by atoms with Crippen molar-refractivity contribution in [1.82, 2.24) is 25.1 Å². The molecule has 0 atom stereocenters. The molecule has 7 nitrogen and oxygen atoms in total. The molecule has 2 aliphatic rings. The van der Waals surface area contributed by atoms with Gasteiger partial charge in [0.1, 0.15) is 0 Å². The normalized spacial score (nSPS) is 17.4. The van der Waals surface area contributed by atoms with Gasteiger partial charge in [-0.15, -0.1) is 24.0 Å². The Morgan fingerprint density at radius 1 is 1.00 bits per heavy atom. The molecule has 0 amide bonds. The smallest absolute Gasteiger partial charge is 0.225 e. The summed E-state index contributed by atoms with van der Waals surface area (Å²) in [5.41, 5.74) is 2.78. The van der Waals surface area contributed by atoms with Crippen LogP contribution < -0.4 is 10.2 Å². The third-order valence-electron chi connectivity index (χ3n) is 6.09. The van der Waals surface area contributed by atoms with Crippen molar-refractivity contribution < 1.29 is 0 Å². The Balaban J connectivity index is 0.00000306. The molecule has 0 aliphatic carbocycles. The number of nitrogens with zero attached hydrogens (tertiary/aromatic N) is 6. The summed E-state index contributed by atoms with van der Waals surface area (Å²) in [6.45, 7) is 11.0. The van der Waals surface area contributed by atoms with Crippen LogP contribution in [0.5, 0.6) is 0 Å². The van der Waals surface area contributed by atoms with Crippen LogP contribution in [-0.4, -0.2) is 84.6 Å². The molecule has 2 aromatic rings. The van der Waals surface area contributed by atoms with E-state index in [1.54, 1.807) is 0 Å². The lowest BCUT2D eigenvalue weighted by atomic mass is 10.00. The molecule has 33 heavy (non-hydrogen) atoms. The summed E-state index contributed by atoms with van der Waals surface area (Å²) >= 11 is 0. The predicted octanol–water partition coefficient (Wildman–Crippen LogP) is 3.36. The Bertz CT molecular complexity index is 880. The van der Waals surface area contributed by atoms with Gasteiger partial charge in [0.25, 0.3) is 0 Å². The second kappa shape index (κ2) is 13.5. The largest absolute Gasteiger partial charge is 0.357 e. The van der Waals surface area contributed by atoms with E-state index in [4.69, 9.17) is 4.99 Å². The maximum absolute atomic E-state index is 4.93. The molecule has 2 aliphatic heterocycles. The topological polar surface area (TPSA) is 59.9 Å². The second-order valence-corrected chi connectivity index (χ2v) is 8.26. The molecule has 1 aromatic carbocycles. The van der Waals surface area contributed by atoms with Crippen molar-refractivity contribution in [3.05, 3.63) is 60.4 Å². The van der Waals surface area contributed by atoms with E-state index in [1.165, 1.54) is 11.1 Å². The molecule has 0 saturated carbocycles. The first-order valence-electron chi connectivity index (χ1n) is 11.9. The minimum absolute atomic E-state index is 0. The standard InChI is InChI=1S/C25H35N7.HI/c1-2-26-24(31-16-10-23(11-17-31)22-8-4-3-5-9-22)29-14-7-15-30-18-20-32(21-19-30)25-27-12-6-13-28-25;/h3-6,8-10,12-13H,2,7,11,14-21H2,1H3,(H,26,29);1H. The van der Waals surface area contributed by atoms with Gasteiger partial charge >= 0.3 is 0 Å². The van der Waals surface area contributed by atoms with Crippen LogP contribution in [0.1, 0.15) is 25.3 Å². The summed E-state index contributed by atoms with van der Waals surface area (Å²) in [5.74, 6) is 1.89. The molecule has 1 fully saturated rings. The minimum Gasteiger partial charge on any atom is -0.357 e. The van der Waals surface area contributed by atoms with Crippen molar-refractivity contribution in [2.24, 2.45) is 4.99 Å². The van der Waals surface area contributed by atoms with Crippen molar-refractivity contribution in [2.75, 3.05) is 63.8 Å². The van der Waals surface area contributed by atoms with Crippen LogP contribution in [0.2, 0.25) is 0 Å². The summed E-state index contributed by atoms with van der Waals surface area (Å²) in [7, 11) is 0. The summed E-state index contributed by atoms with van der Waals surface area (Å²) in [5, 5.41) is 3.48. The van der Waals surface area contributed by atoms with Gasteiger partial charge in [-0.25, -0.2) is 9.97 Å². The molecule has 1 saturated heterocycles. The van der Waals surface area contributed by atoms with E-state index in [1.807, 2.05) is 18.5 Å². The number of anilines is 1. The van der Waals surface area contributed by atoms with Gasteiger partial charge in [-0.3, -0.25) is 9.89 Å². The summed E-state index contributed by atoms with van der Waals surface area (Å²) in [6, 6.07) is 12.6. The number of aromatic nitrogens is 2. The van der Waals surface area contributed by atoms with Gasteiger partial charge in [0, 0.05) is 71.3 Å². The Hall–Kier alpha value is -2.20. The van der Waals surface area contributed by atoms with E-state index in [-0.39, 0.29) is 24.0 Å². The zero-order chi connectivity index (χ0) is 22.0. The van der Waals surface area contributed by atoms with Gasteiger partial charge in [-0.2, -0.15) is 0 Å². The van der Waals surface area contributed by atoms with Crippen molar-refractivity contribution in [2.45, 2.75) is 19.8 Å². The number of aliphatic imine (C=N–C) groups is 1. The summed E-state index contributed by atoms with van der Waals surface area (Å²) in [6.07, 6.45) is 8.12. The number of hydrogen-bond acceptors (Lipinski definition) is 5. The first-order chi connectivity index (χ1) is 15.8. The molecule has 0 radical (unpaired) electrons. The molecular formula is C25H36IN7. The number of nitrogens with one attached hydrogen (secondary N) is 1. The second-order valence-electron chi connectivity index (χ2n) is 8.26. The fourth-order valence-electron chi connectivity index (χ4n) is 4.31. The average Bonchev–Trinajstić information content (AvgIpc) is 2.87. The highest BCUT2D eigenvalue weighted by molar-refractivity contribution is 14.0. The first kappa shape index (κ1) is 25.4. The molecular weight excluding hydrogens is 525 g/mol. The van der Waals surface area contributed by atoms with Crippen molar-refractivity contribution in [3.63, 3.8) is 0 Å².